The van der Waals surface area contributed by atoms with E-state index in [0.717, 1.165) is 12.8 Å². The van der Waals surface area contributed by atoms with Crippen molar-refractivity contribution in [1.29, 1.82) is 0 Å². The fourth-order valence-electron chi connectivity index (χ4n) is 1.54. The Morgan fingerprint density at radius 2 is 2.22 bits per heavy atom. The van der Waals surface area contributed by atoms with Crippen molar-refractivity contribution in [1.82, 2.24) is 15.6 Å². The number of anilines is 1. The fraction of sp³-hybridized carbons (Fsp3) is 0.417. The van der Waals surface area contributed by atoms with E-state index in [9.17, 15) is 9.59 Å². The number of nitrogens with zero attached hydrogens (tertiary/aromatic N) is 1. The molecule has 1 aliphatic carbocycles. The molecule has 0 unspecified atom stereocenters. The molecule has 1 aromatic heterocycles. The van der Waals surface area contributed by atoms with E-state index in [2.05, 4.69) is 15.6 Å². The van der Waals surface area contributed by atoms with E-state index < -0.39 is 0 Å². The number of pyridine rings is 1. The van der Waals surface area contributed by atoms with Crippen molar-refractivity contribution in [3.8, 4) is 0 Å². The number of nitrogens with two attached hydrogens (primary N) is 1. The van der Waals surface area contributed by atoms with E-state index in [1.165, 1.54) is 6.20 Å². The van der Waals surface area contributed by atoms with Crippen LogP contribution in [0.15, 0.2) is 12.3 Å². The Bertz CT molecular complexity index is 483. The van der Waals surface area contributed by atoms with Gasteiger partial charge in [-0.05, 0) is 25.8 Å². The summed E-state index contributed by atoms with van der Waals surface area (Å²) in [5.41, 5.74) is 6.98. The number of carbonyl (C=O) groups excluding carboxylic acids is 2. The van der Waals surface area contributed by atoms with E-state index in [1.54, 1.807) is 13.0 Å². The van der Waals surface area contributed by atoms with Crippen molar-refractivity contribution in [3.63, 3.8) is 0 Å². The third-order valence-corrected chi connectivity index (χ3v) is 2.70. The highest BCUT2D eigenvalue weighted by molar-refractivity contribution is 5.97. The Kier molecular flexibility index (Phi) is 3.45. The predicted molar refractivity (Wildman–Crippen MR) is 66.9 cm³/mol. The Balaban J connectivity index is 1.90. The molecule has 4 N–H and O–H groups in total. The topological polar surface area (TPSA) is 97.1 Å². The molecule has 0 bridgehead atoms. The Labute approximate surface area is 105 Å². The molecule has 0 aliphatic heterocycles. The molecule has 1 fully saturated rings. The zero-order valence-electron chi connectivity index (χ0n) is 10.2. The molecule has 0 aromatic carbocycles. The van der Waals surface area contributed by atoms with Crippen molar-refractivity contribution in [2.45, 2.75) is 25.8 Å². The van der Waals surface area contributed by atoms with Crippen molar-refractivity contribution in [2.24, 2.45) is 0 Å². The van der Waals surface area contributed by atoms with Gasteiger partial charge in [0.25, 0.3) is 5.91 Å². The summed E-state index contributed by atoms with van der Waals surface area (Å²) in [5, 5.41) is 5.35. The van der Waals surface area contributed by atoms with Crippen LogP contribution in [0.3, 0.4) is 0 Å². The minimum atomic E-state index is -0.335. The van der Waals surface area contributed by atoms with E-state index in [0.29, 0.717) is 23.0 Å². The van der Waals surface area contributed by atoms with Gasteiger partial charge in [-0.3, -0.25) is 14.6 Å². The van der Waals surface area contributed by atoms with Gasteiger partial charge < -0.3 is 16.4 Å². The van der Waals surface area contributed by atoms with Crippen molar-refractivity contribution in [3.05, 3.63) is 23.5 Å². The van der Waals surface area contributed by atoms with Gasteiger partial charge in [-0.15, -0.1) is 0 Å². The molecule has 0 atom stereocenters. The van der Waals surface area contributed by atoms with Crippen LogP contribution in [0.4, 0.5) is 5.69 Å². The fourth-order valence-corrected chi connectivity index (χ4v) is 1.54. The number of aryl methyl sites for hydroxylation is 1. The number of amides is 2. The lowest BCUT2D eigenvalue weighted by molar-refractivity contribution is -0.120. The number of nitrogen functional groups attached to an aromatic ring is 1. The molecular formula is C12H16N4O2. The molecule has 0 spiro atoms. The maximum Gasteiger partial charge on any atom is 0.253 e. The van der Waals surface area contributed by atoms with Crippen LogP contribution >= 0.6 is 0 Å². The maximum atomic E-state index is 11.8. The van der Waals surface area contributed by atoms with E-state index >= 15 is 0 Å². The van der Waals surface area contributed by atoms with Crippen LogP contribution in [0.5, 0.6) is 0 Å². The van der Waals surface area contributed by atoms with Crippen LogP contribution in [-0.4, -0.2) is 29.4 Å². The summed E-state index contributed by atoms with van der Waals surface area (Å²) in [5.74, 6) is -0.501. The SMILES string of the molecule is Cc1ncc(N)cc1C(=O)NCC(=O)NC1CC1. The second kappa shape index (κ2) is 5.03. The normalized spacial score (nSPS) is 14.1. The van der Waals surface area contributed by atoms with Gasteiger partial charge in [-0.25, -0.2) is 0 Å². The van der Waals surface area contributed by atoms with Gasteiger partial charge in [0.1, 0.15) is 0 Å². The Hall–Kier alpha value is -2.11. The average Bonchev–Trinajstić information content (AvgIpc) is 3.13. The molecule has 6 heteroatoms. The first-order valence-electron chi connectivity index (χ1n) is 5.86. The predicted octanol–water partition coefficient (Wildman–Crippen LogP) is -0.0194. The maximum absolute atomic E-state index is 11.8. The van der Waals surface area contributed by atoms with Crippen LogP contribution in [-0.2, 0) is 4.79 Å². The molecule has 2 rings (SSSR count). The summed E-state index contributed by atoms with van der Waals surface area (Å²) in [6.07, 6.45) is 3.54. The van der Waals surface area contributed by atoms with Gasteiger partial charge in [-0.2, -0.15) is 0 Å². The van der Waals surface area contributed by atoms with Gasteiger partial charge in [-0.1, -0.05) is 0 Å². The van der Waals surface area contributed by atoms with Gasteiger partial charge in [0.2, 0.25) is 5.91 Å². The molecule has 1 aliphatic rings. The third-order valence-electron chi connectivity index (χ3n) is 2.70. The van der Waals surface area contributed by atoms with Crippen LogP contribution < -0.4 is 16.4 Å². The highest BCUT2D eigenvalue weighted by Crippen LogP contribution is 2.18. The molecule has 0 radical (unpaired) electrons. The van der Waals surface area contributed by atoms with Crippen molar-refractivity contribution in [2.75, 3.05) is 12.3 Å². The molecule has 18 heavy (non-hydrogen) atoms. The molecule has 1 aromatic rings. The zero-order valence-corrected chi connectivity index (χ0v) is 10.2. The first-order chi connectivity index (χ1) is 8.56. The van der Waals surface area contributed by atoms with Crippen molar-refractivity contribution < 1.29 is 9.59 Å². The number of carbonyl (C=O) groups is 2. The smallest absolute Gasteiger partial charge is 0.253 e. The molecule has 1 saturated carbocycles. The quantitative estimate of drug-likeness (QED) is 0.697. The first-order valence-corrected chi connectivity index (χ1v) is 5.86. The molecular weight excluding hydrogens is 232 g/mol. The van der Waals surface area contributed by atoms with E-state index in [1.807, 2.05) is 0 Å². The zero-order chi connectivity index (χ0) is 13.1. The van der Waals surface area contributed by atoms with E-state index in [4.69, 9.17) is 5.73 Å². The van der Waals surface area contributed by atoms with Gasteiger partial charge >= 0.3 is 0 Å². The van der Waals surface area contributed by atoms with Gasteiger partial charge in [0.05, 0.1) is 29.7 Å². The monoisotopic (exact) mass is 248 g/mol. The van der Waals surface area contributed by atoms with E-state index in [-0.39, 0.29) is 18.4 Å². The second-order valence-electron chi connectivity index (χ2n) is 4.43. The third kappa shape index (κ3) is 3.19. The second-order valence-corrected chi connectivity index (χ2v) is 4.43. The summed E-state index contributed by atoms with van der Waals surface area (Å²) in [6.45, 7) is 1.70. The largest absolute Gasteiger partial charge is 0.397 e. The van der Waals surface area contributed by atoms with Gasteiger partial charge in [0.15, 0.2) is 0 Å². The molecule has 96 valence electrons. The number of rotatable bonds is 4. The number of hydrogen-bond donors (Lipinski definition) is 3. The standard InChI is InChI=1S/C12H16N4O2/c1-7-10(4-8(13)5-14-7)12(18)15-6-11(17)16-9-2-3-9/h4-5,9H,2-3,6,13H2,1H3,(H,15,18)(H,16,17). The van der Waals surface area contributed by atoms with Crippen LogP contribution in [0, 0.1) is 6.92 Å². The summed E-state index contributed by atoms with van der Waals surface area (Å²) in [6, 6.07) is 1.85. The highest BCUT2D eigenvalue weighted by atomic mass is 16.2. The Morgan fingerprint density at radius 1 is 1.50 bits per heavy atom. The highest BCUT2D eigenvalue weighted by Gasteiger charge is 2.23. The minimum Gasteiger partial charge on any atom is -0.397 e. The molecule has 6 nitrogen and oxygen atoms in total. The number of aromatic nitrogens is 1. The van der Waals surface area contributed by atoms with Gasteiger partial charge in [0, 0.05) is 6.04 Å². The van der Waals surface area contributed by atoms with Crippen LogP contribution in [0.1, 0.15) is 28.9 Å². The lowest BCUT2D eigenvalue weighted by Crippen LogP contribution is -2.38. The minimum absolute atomic E-state index is 0.0242. The van der Waals surface area contributed by atoms with Crippen LogP contribution in [0.2, 0.25) is 0 Å². The van der Waals surface area contributed by atoms with Crippen molar-refractivity contribution >= 4 is 17.5 Å². The first kappa shape index (κ1) is 12.3. The molecule has 0 saturated heterocycles. The molecule has 1 heterocycles. The summed E-state index contributed by atoms with van der Waals surface area (Å²) >= 11 is 0. The molecule has 2 amide bonds. The lowest BCUT2D eigenvalue weighted by Gasteiger charge is -2.08. The summed E-state index contributed by atoms with van der Waals surface area (Å²) in [7, 11) is 0. The average molecular weight is 248 g/mol. The van der Waals surface area contributed by atoms with Crippen LogP contribution in [0.25, 0.3) is 0 Å². The summed E-state index contributed by atoms with van der Waals surface area (Å²) in [4.78, 5) is 27.3. The number of hydrogen-bond acceptors (Lipinski definition) is 4. The summed E-state index contributed by atoms with van der Waals surface area (Å²) < 4.78 is 0. The lowest BCUT2D eigenvalue weighted by atomic mass is 10.2. The number of nitrogens with one attached hydrogen (secondary N) is 2. The Morgan fingerprint density at radius 3 is 2.89 bits per heavy atom.